The van der Waals surface area contributed by atoms with Crippen LogP contribution in [0.3, 0.4) is 0 Å². The van der Waals surface area contributed by atoms with E-state index >= 15 is 0 Å². The number of halogens is 1. The van der Waals surface area contributed by atoms with Crippen molar-refractivity contribution in [1.29, 1.82) is 0 Å². The highest BCUT2D eigenvalue weighted by Crippen LogP contribution is 2.32. The molecular formula is C14H18ClN3. The van der Waals surface area contributed by atoms with Crippen LogP contribution in [0.25, 0.3) is 11.0 Å². The van der Waals surface area contributed by atoms with Crippen molar-refractivity contribution < 1.29 is 0 Å². The van der Waals surface area contributed by atoms with Crippen LogP contribution in [0.5, 0.6) is 0 Å². The second-order valence-electron chi connectivity index (χ2n) is 4.99. The molecule has 0 saturated heterocycles. The Labute approximate surface area is 112 Å². The summed E-state index contributed by atoms with van der Waals surface area (Å²) < 4.78 is 2.42. The van der Waals surface area contributed by atoms with E-state index in [1.54, 1.807) is 0 Å². The highest BCUT2D eigenvalue weighted by Gasteiger charge is 2.20. The highest BCUT2D eigenvalue weighted by atomic mass is 35.5. The van der Waals surface area contributed by atoms with Gasteiger partial charge < -0.3 is 4.57 Å². The Bertz CT molecular complexity index is 529. The van der Waals surface area contributed by atoms with E-state index < -0.39 is 0 Å². The molecule has 1 aliphatic carbocycles. The van der Waals surface area contributed by atoms with E-state index in [1.165, 1.54) is 37.6 Å². The molecule has 1 aliphatic rings. The molecule has 0 spiro atoms. The molecule has 0 radical (unpaired) electrons. The van der Waals surface area contributed by atoms with Gasteiger partial charge in [-0.05, 0) is 18.9 Å². The van der Waals surface area contributed by atoms with Crippen molar-refractivity contribution in [3.8, 4) is 0 Å². The van der Waals surface area contributed by atoms with Crippen LogP contribution < -0.4 is 0 Å². The molecule has 0 unspecified atom stereocenters. The van der Waals surface area contributed by atoms with E-state index in [1.807, 2.05) is 12.4 Å². The molecule has 0 aromatic carbocycles. The van der Waals surface area contributed by atoms with Gasteiger partial charge in [-0.3, -0.25) is 4.98 Å². The Morgan fingerprint density at radius 2 is 2.11 bits per heavy atom. The fourth-order valence-electron chi connectivity index (χ4n) is 3.01. The largest absolute Gasteiger partial charge is 0.325 e. The number of alkyl halides is 1. The lowest BCUT2D eigenvalue weighted by Gasteiger charge is -2.25. The predicted octanol–water partition coefficient (Wildman–Crippen LogP) is 3.72. The molecule has 2 aromatic rings. The van der Waals surface area contributed by atoms with Crippen LogP contribution in [-0.4, -0.2) is 20.4 Å². The maximum absolute atomic E-state index is 5.91. The third-order valence-electron chi connectivity index (χ3n) is 3.82. The maximum atomic E-state index is 5.91. The SMILES string of the molecule is ClCCc1nc2cnccc2n1C1CCCCC1. The van der Waals surface area contributed by atoms with E-state index in [0.29, 0.717) is 11.9 Å². The van der Waals surface area contributed by atoms with Gasteiger partial charge in [0.25, 0.3) is 0 Å². The number of pyridine rings is 1. The Morgan fingerprint density at radius 3 is 2.89 bits per heavy atom. The monoisotopic (exact) mass is 263 g/mol. The lowest BCUT2D eigenvalue weighted by atomic mass is 9.95. The molecule has 0 atom stereocenters. The molecule has 0 amide bonds. The number of aromatic nitrogens is 3. The van der Waals surface area contributed by atoms with E-state index in [4.69, 9.17) is 16.6 Å². The van der Waals surface area contributed by atoms with Crippen LogP contribution in [0.4, 0.5) is 0 Å². The number of rotatable bonds is 3. The smallest absolute Gasteiger partial charge is 0.111 e. The number of imidazole rings is 1. The first kappa shape index (κ1) is 12.0. The quantitative estimate of drug-likeness (QED) is 0.791. The van der Waals surface area contributed by atoms with Crippen molar-refractivity contribution in [2.45, 2.75) is 44.6 Å². The molecule has 1 fully saturated rings. The zero-order valence-electron chi connectivity index (χ0n) is 10.5. The van der Waals surface area contributed by atoms with Gasteiger partial charge in [0.2, 0.25) is 0 Å². The van der Waals surface area contributed by atoms with Gasteiger partial charge in [-0.15, -0.1) is 11.6 Å². The average Bonchev–Trinajstić information content (AvgIpc) is 2.78. The average molecular weight is 264 g/mol. The Morgan fingerprint density at radius 1 is 1.28 bits per heavy atom. The molecule has 0 N–H and O–H groups in total. The number of fused-ring (bicyclic) bond motifs is 1. The summed E-state index contributed by atoms with van der Waals surface area (Å²) in [6.07, 6.45) is 11.1. The van der Waals surface area contributed by atoms with Crippen LogP contribution in [0.1, 0.15) is 44.0 Å². The normalized spacial score (nSPS) is 17.4. The van der Waals surface area contributed by atoms with Crippen LogP contribution in [-0.2, 0) is 6.42 Å². The third kappa shape index (κ3) is 2.12. The molecule has 0 bridgehead atoms. The predicted molar refractivity (Wildman–Crippen MR) is 74.1 cm³/mol. The van der Waals surface area contributed by atoms with E-state index in [9.17, 15) is 0 Å². The fraction of sp³-hybridized carbons (Fsp3) is 0.571. The summed E-state index contributed by atoms with van der Waals surface area (Å²) in [6.45, 7) is 0. The molecule has 2 heterocycles. The second kappa shape index (κ2) is 5.27. The minimum absolute atomic E-state index is 0.601. The van der Waals surface area contributed by atoms with Gasteiger partial charge in [0.15, 0.2) is 0 Å². The molecule has 96 valence electrons. The Kier molecular flexibility index (Phi) is 3.50. The summed E-state index contributed by atoms with van der Waals surface area (Å²) in [5.41, 5.74) is 2.22. The first-order valence-corrected chi connectivity index (χ1v) is 7.30. The summed E-state index contributed by atoms with van der Waals surface area (Å²) >= 11 is 5.91. The van der Waals surface area contributed by atoms with Gasteiger partial charge in [-0.25, -0.2) is 4.98 Å². The van der Waals surface area contributed by atoms with Crippen molar-refractivity contribution in [3.05, 3.63) is 24.3 Å². The molecule has 2 aromatic heterocycles. The second-order valence-corrected chi connectivity index (χ2v) is 5.37. The van der Waals surface area contributed by atoms with Gasteiger partial charge in [0, 0.05) is 24.5 Å². The minimum Gasteiger partial charge on any atom is -0.325 e. The molecular weight excluding hydrogens is 246 g/mol. The summed E-state index contributed by atoms with van der Waals surface area (Å²) in [4.78, 5) is 8.86. The standard InChI is InChI=1S/C14H18ClN3/c15-8-6-14-17-12-10-16-9-7-13(12)18(14)11-4-2-1-3-5-11/h7,9-11H,1-6,8H2. The first-order valence-electron chi connectivity index (χ1n) is 6.77. The van der Waals surface area contributed by atoms with Crippen LogP contribution in [0.2, 0.25) is 0 Å². The molecule has 3 nitrogen and oxygen atoms in total. The summed E-state index contributed by atoms with van der Waals surface area (Å²) in [7, 11) is 0. The molecule has 0 aliphatic heterocycles. The van der Waals surface area contributed by atoms with Crippen LogP contribution >= 0.6 is 11.6 Å². The Balaban J connectivity index is 2.07. The number of hydrogen-bond acceptors (Lipinski definition) is 2. The van der Waals surface area contributed by atoms with Crippen molar-refractivity contribution in [2.24, 2.45) is 0 Å². The van der Waals surface area contributed by atoms with Crippen molar-refractivity contribution in [3.63, 3.8) is 0 Å². The van der Waals surface area contributed by atoms with Gasteiger partial charge >= 0.3 is 0 Å². The number of hydrogen-bond donors (Lipinski definition) is 0. The molecule has 1 saturated carbocycles. The van der Waals surface area contributed by atoms with Gasteiger partial charge in [-0.2, -0.15) is 0 Å². The van der Waals surface area contributed by atoms with E-state index in [2.05, 4.69) is 15.6 Å². The maximum Gasteiger partial charge on any atom is 0.111 e. The van der Waals surface area contributed by atoms with Crippen molar-refractivity contribution in [2.75, 3.05) is 5.88 Å². The van der Waals surface area contributed by atoms with Crippen LogP contribution in [0, 0.1) is 0 Å². The highest BCUT2D eigenvalue weighted by molar-refractivity contribution is 6.17. The van der Waals surface area contributed by atoms with E-state index in [0.717, 1.165) is 17.8 Å². The zero-order valence-corrected chi connectivity index (χ0v) is 11.2. The van der Waals surface area contributed by atoms with Crippen LogP contribution in [0.15, 0.2) is 18.5 Å². The lowest BCUT2D eigenvalue weighted by molar-refractivity contribution is 0.353. The first-order chi connectivity index (χ1) is 8.90. The fourth-order valence-corrected chi connectivity index (χ4v) is 3.18. The van der Waals surface area contributed by atoms with E-state index in [-0.39, 0.29) is 0 Å². The zero-order chi connectivity index (χ0) is 12.4. The molecule has 18 heavy (non-hydrogen) atoms. The molecule has 3 rings (SSSR count). The minimum atomic E-state index is 0.601. The molecule has 4 heteroatoms. The number of nitrogens with zero attached hydrogens (tertiary/aromatic N) is 3. The summed E-state index contributed by atoms with van der Waals surface area (Å²) in [6, 6.07) is 2.68. The van der Waals surface area contributed by atoms with Gasteiger partial charge in [-0.1, -0.05) is 19.3 Å². The topological polar surface area (TPSA) is 30.7 Å². The summed E-state index contributed by atoms with van der Waals surface area (Å²) in [5, 5.41) is 0. The lowest BCUT2D eigenvalue weighted by Crippen LogP contribution is -2.15. The van der Waals surface area contributed by atoms with Gasteiger partial charge in [0.1, 0.15) is 11.3 Å². The third-order valence-corrected chi connectivity index (χ3v) is 4.01. The van der Waals surface area contributed by atoms with Crippen molar-refractivity contribution >= 4 is 22.6 Å². The number of aryl methyl sites for hydroxylation is 1. The summed E-state index contributed by atoms with van der Waals surface area (Å²) in [5.74, 6) is 1.75. The van der Waals surface area contributed by atoms with Crippen molar-refractivity contribution in [1.82, 2.24) is 14.5 Å². The van der Waals surface area contributed by atoms with Gasteiger partial charge in [0.05, 0.1) is 11.7 Å². The Hall–Kier alpha value is -1.09.